The summed E-state index contributed by atoms with van der Waals surface area (Å²) in [5.41, 5.74) is 2.56. The molecule has 0 aliphatic heterocycles. The molecule has 0 spiro atoms. The molecule has 1 amide bonds. The number of para-hydroxylation sites is 2. The summed E-state index contributed by atoms with van der Waals surface area (Å²) in [5.74, 6) is 0.151. The topological polar surface area (TPSA) is 59.8 Å². The second kappa shape index (κ2) is 6.09. The van der Waals surface area contributed by atoms with E-state index in [0.29, 0.717) is 0 Å². The maximum Gasteiger partial charge on any atom is 0.228 e. The molecule has 1 N–H and O–H groups in total. The van der Waals surface area contributed by atoms with Gasteiger partial charge in [-0.1, -0.05) is 41.9 Å². The van der Waals surface area contributed by atoms with E-state index in [4.69, 9.17) is 11.6 Å². The van der Waals surface area contributed by atoms with Gasteiger partial charge in [0.1, 0.15) is 12.7 Å². The highest BCUT2D eigenvalue weighted by Gasteiger charge is 2.44. The number of hydrogen-bond donors (Lipinski definition) is 1. The lowest BCUT2D eigenvalue weighted by Gasteiger charge is -2.10. The fourth-order valence-corrected chi connectivity index (χ4v) is 3.22. The third kappa shape index (κ3) is 2.78. The summed E-state index contributed by atoms with van der Waals surface area (Å²) >= 11 is 6.23. The Balaban J connectivity index is 1.52. The van der Waals surface area contributed by atoms with Gasteiger partial charge in [-0.25, -0.2) is 9.67 Å². The average molecular weight is 339 g/mol. The minimum atomic E-state index is -0.0475. The number of benzene rings is 2. The van der Waals surface area contributed by atoms with E-state index in [0.717, 1.165) is 28.4 Å². The van der Waals surface area contributed by atoms with Gasteiger partial charge in [0.2, 0.25) is 5.91 Å². The molecule has 5 nitrogen and oxygen atoms in total. The molecule has 2 atom stereocenters. The lowest BCUT2D eigenvalue weighted by atomic mass is 10.1. The first-order valence-electron chi connectivity index (χ1n) is 7.73. The summed E-state index contributed by atoms with van der Waals surface area (Å²) in [6, 6.07) is 15.2. The van der Waals surface area contributed by atoms with E-state index in [-0.39, 0.29) is 17.7 Å². The summed E-state index contributed by atoms with van der Waals surface area (Å²) in [7, 11) is 0. The largest absolute Gasteiger partial charge is 0.324 e. The van der Waals surface area contributed by atoms with Crippen molar-refractivity contribution in [2.45, 2.75) is 12.3 Å². The molecule has 0 bridgehead atoms. The van der Waals surface area contributed by atoms with Crippen LogP contribution < -0.4 is 5.32 Å². The van der Waals surface area contributed by atoms with E-state index in [1.165, 1.54) is 6.33 Å². The highest BCUT2D eigenvalue weighted by molar-refractivity contribution is 6.31. The number of amides is 1. The zero-order valence-electron chi connectivity index (χ0n) is 12.8. The summed E-state index contributed by atoms with van der Waals surface area (Å²) in [6.07, 6.45) is 3.89. The molecule has 24 heavy (non-hydrogen) atoms. The van der Waals surface area contributed by atoms with Crippen LogP contribution in [0.2, 0.25) is 5.02 Å². The van der Waals surface area contributed by atoms with Crippen molar-refractivity contribution >= 4 is 23.2 Å². The Kier molecular flexibility index (Phi) is 3.78. The van der Waals surface area contributed by atoms with Crippen LogP contribution in [0.4, 0.5) is 5.69 Å². The lowest BCUT2D eigenvalue weighted by Crippen LogP contribution is -2.16. The van der Waals surface area contributed by atoms with Crippen molar-refractivity contribution in [2.24, 2.45) is 5.92 Å². The van der Waals surface area contributed by atoms with Crippen LogP contribution in [0, 0.1) is 5.92 Å². The van der Waals surface area contributed by atoms with Crippen molar-refractivity contribution in [3.8, 4) is 5.69 Å². The average Bonchev–Trinajstić information content (AvgIpc) is 3.20. The van der Waals surface area contributed by atoms with Crippen LogP contribution in [0.5, 0.6) is 0 Å². The monoisotopic (exact) mass is 338 g/mol. The Morgan fingerprint density at radius 1 is 1.17 bits per heavy atom. The molecule has 2 aromatic carbocycles. The number of halogens is 1. The van der Waals surface area contributed by atoms with Gasteiger partial charge in [-0.3, -0.25) is 4.79 Å². The molecular formula is C18H15ClN4O. The maximum absolute atomic E-state index is 12.6. The van der Waals surface area contributed by atoms with Crippen LogP contribution in [0.1, 0.15) is 17.9 Å². The van der Waals surface area contributed by atoms with Crippen molar-refractivity contribution in [3.05, 3.63) is 71.8 Å². The zero-order chi connectivity index (χ0) is 16.5. The van der Waals surface area contributed by atoms with Crippen LogP contribution >= 0.6 is 11.6 Å². The summed E-state index contributed by atoms with van der Waals surface area (Å²) in [6.45, 7) is 0. The van der Waals surface area contributed by atoms with E-state index in [2.05, 4.69) is 15.4 Å². The van der Waals surface area contributed by atoms with Gasteiger partial charge < -0.3 is 5.32 Å². The molecule has 4 rings (SSSR count). The van der Waals surface area contributed by atoms with E-state index in [9.17, 15) is 4.79 Å². The Morgan fingerprint density at radius 3 is 2.75 bits per heavy atom. The molecule has 0 radical (unpaired) electrons. The fraction of sp³-hybridized carbons (Fsp3) is 0.167. The van der Waals surface area contributed by atoms with Gasteiger partial charge in [-0.2, -0.15) is 5.10 Å². The van der Waals surface area contributed by atoms with Crippen LogP contribution in [-0.4, -0.2) is 20.7 Å². The Labute approximate surface area is 144 Å². The van der Waals surface area contributed by atoms with Gasteiger partial charge in [0, 0.05) is 10.9 Å². The normalized spacial score (nSPS) is 19.0. The van der Waals surface area contributed by atoms with Crippen molar-refractivity contribution in [1.29, 1.82) is 0 Å². The maximum atomic E-state index is 12.6. The van der Waals surface area contributed by atoms with E-state index in [1.807, 2.05) is 48.5 Å². The van der Waals surface area contributed by atoms with Crippen LogP contribution in [-0.2, 0) is 4.79 Å². The highest BCUT2D eigenvalue weighted by Crippen LogP contribution is 2.50. The van der Waals surface area contributed by atoms with Crippen molar-refractivity contribution in [3.63, 3.8) is 0 Å². The SMILES string of the molecule is O=C(Nc1ccccc1-n1cncn1)C1CC1c1ccccc1Cl. The number of hydrogen-bond acceptors (Lipinski definition) is 3. The quantitative estimate of drug-likeness (QED) is 0.789. The molecule has 1 aliphatic rings. The Morgan fingerprint density at radius 2 is 1.96 bits per heavy atom. The molecule has 1 saturated carbocycles. The van der Waals surface area contributed by atoms with Gasteiger partial charge in [-0.15, -0.1) is 0 Å². The molecular weight excluding hydrogens is 324 g/mol. The predicted octanol–water partition coefficient (Wildman–Crippen LogP) is 3.66. The molecule has 1 aromatic heterocycles. The molecule has 6 heteroatoms. The number of carbonyl (C=O) groups excluding carboxylic acids is 1. The van der Waals surface area contributed by atoms with E-state index < -0.39 is 0 Å². The third-order valence-electron chi connectivity index (χ3n) is 4.26. The summed E-state index contributed by atoms with van der Waals surface area (Å²) in [5, 5.41) is 7.86. The van der Waals surface area contributed by atoms with E-state index in [1.54, 1.807) is 11.0 Å². The Bertz CT molecular complexity index is 878. The van der Waals surface area contributed by atoms with Crippen LogP contribution in [0.25, 0.3) is 5.69 Å². The second-order valence-corrected chi connectivity index (χ2v) is 6.22. The molecule has 120 valence electrons. The molecule has 2 unspecified atom stereocenters. The molecule has 3 aromatic rings. The van der Waals surface area contributed by atoms with Crippen LogP contribution in [0.3, 0.4) is 0 Å². The number of carbonyl (C=O) groups is 1. The van der Waals surface area contributed by atoms with Gasteiger partial charge in [0.25, 0.3) is 0 Å². The fourth-order valence-electron chi connectivity index (χ4n) is 2.94. The molecule has 0 saturated heterocycles. The summed E-state index contributed by atoms with van der Waals surface area (Å²) < 4.78 is 1.63. The van der Waals surface area contributed by atoms with Crippen molar-refractivity contribution < 1.29 is 4.79 Å². The first-order chi connectivity index (χ1) is 11.7. The van der Waals surface area contributed by atoms with Gasteiger partial charge in [-0.05, 0) is 36.1 Å². The minimum absolute atomic E-state index is 0.00693. The molecule has 1 fully saturated rings. The first-order valence-corrected chi connectivity index (χ1v) is 8.11. The molecule has 1 heterocycles. The minimum Gasteiger partial charge on any atom is -0.324 e. The van der Waals surface area contributed by atoms with Crippen molar-refractivity contribution in [1.82, 2.24) is 14.8 Å². The highest BCUT2D eigenvalue weighted by atomic mass is 35.5. The zero-order valence-corrected chi connectivity index (χ0v) is 13.5. The Hall–Kier alpha value is -2.66. The standard InChI is InChI=1S/C18H15ClN4O/c19-15-6-2-1-5-12(15)13-9-14(13)18(24)22-16-7-3-4-8-17(16)23-11-20-10-21-23/h1-8,10-11,13-14H,9H2,(H,22,24). The van der Waals surface area contributed by atoms with Gasteiger partial charge in [0.05, 0.1) is 11.4 Å². The van der Waals surface area contributed by atoms with E-state index >= 15 is 0 Å². The number of aromatic nitrogens is 3. The van der Waals surface area contributed by atoms with Gasteiger partial charge in [0.15, 0.2) is 0 Å². The number of anilines is 1. The lowest BCUT2D eigenvalue weighted by molar-refractivity contribution is -0.117. The number of rotatable bonds is 4. The third-order valence-corrected chi connectivity index (χ3v) is 4.60. The second-order valence-electron chi connectivity index (χ2n) is 5.82. The molecule has 1 aliphatic carbocycles. The van der Waals surface area contributed by atoms with Crippen molar-refractivity contribution in [2.75, 3.05) is 5.32 Å². The van der Waals surface area contributed by atoms with Crippen LogP contribution in [0.15, 0.2) is 61.2 Å². The predicted molar refractivity (Wildman–Crippen MR) is 92.3 cm³/mol. The van der Waals surface area contributed by atoms with Gasteiger partial charge >= 0.3 is 0 Å². The first kappa shape index (κ1) is 14.9. The summed E-state index contributed by atoms with van der Waals surface area (Å²) in [4.78, 5) is 16.5. The number of nitrogens with zero attached hydrogens (tertiary/aromatic N) is 3. The smallest absolute Gasteiger partial charge is 0.228 e. The number of nitrogens with one attached hydrogen (secondary N) is 1.